The second-order valence-corrected chi connectivity index (χ2v) is 7.93. The molecule has 8 nitrogen and oxygen atoms in total. The molecule has 0 bridgehead atoms. The van der Waals surface area contributed by atoms with E-state index in [1.54, 1.807) is 28.0 Å². The number of amides is 2. The maximum absolute atomic E-state index is 12.2. The third kappa shape index (κ3) is 5.54. The maximum atomic E-state index is 12.2. The van der Waals surface area contributed by atoms with Gasteiger partial charge in [-0.3, -0.25) is 19.2 Å². The summed E-state index contributed by atoms with van der Waals surface area (Å²) in [6, 6.07) is 6.85. The van der Waals surface area contributed by atoms with Crippen molar-refractivity contribution >= 4 is 34.9 Å². The summed E-state index contributed by atoms with van der Waals surface area (Å²) < 4.78 is 10.1. The molecule has 0 aromatic carbocycles. The van der Waals surface area contributed by atoms with Crippen LogP contribution in [-0.4, -0.2) is 66.2 Å². The fraction of sp³-hybridized carbons (Fsp3) is 0.400. The van der Waals surface area contributed by atoms with E-state index in [4.69, 9.17) is 9.15 Å². The summed E-state index contributed by atoms with van der Waals surface area (Å²) >= 11 is 1.39. The molecule has 2 aromatic heterocycles. The lowest BCUT2D eigenvalue weighted by Gasteiger charge is -2.34. The Balaban J connectivity index is 1.36. The van der Waals surface area contributed by atoms with Crippen molar-refractivity contribution in [3.05, 3.63) is 46.0 Å². The molecule has 1 aliphatic rings. The van der Waals surface area contributed by atoms with Crippen LogP contribution in [0.15, 0.2) is 34.9 Å². The fourth-order valence-electron chi connectivity index (χ4n) is 2.94. The van der Waals surface area contributed by atoms with Gasteiger partial charge in [0.05, 0.1) is 17.6 Å². The molecule has 2 amide bonds. The summed E-state index contributed by atoms with van der Waals surface area (Å²) in [5.74, 6) is -0.941. The summed E-state index contributed by atoms with van der Waals surface area (Å²) in [6.45, 7) is 3.03. The minimum atomic E-state index is -0.577. The van der Waals surface area contributed by atoms with Crippen molar-refractivity contribution < 1.29 is 28.3 Å². The van der Waals surface area contributed by atoms with Crippen LogP contribution in [0, 0.1) is 6.92 Å². The van der Waals surface area contributed by atoms with Crippen LogP contribution >= 0.6 is 11.3 Å². The molecule has 1 aliphatic heterocycles. The number of carbonyl (C=O) groups excluding carboxylic acids is 4. The van der Waals surface area contributed by atoms with Crippen LogP contribution in [0.2, 0.25) is 0 Å². The number of Topliss-reactive ketones (excluding diaryl/α,β-unsaturated/α-hetero) is 1. The van der Waals surface area contributed by atoms with Crippen molar-refractivity contribution in [2.75, 3.05) is 32.8 Å². The third-order valence-corrected chi connectivity index (χ3v) is 5.62. The summed E-state index contributed by atoms with van der Waals surface area (Å²) in [4.78, 5) is 53.1. The Kier molecular flexibility index (Phi) is 6.82. The lowest BCUT2D eigenvalue weighted by molar-refractivity contribution is -0.152. The van der Waals surface area contributed by atoms with Gasteiger partial charge in [-0.05, 0) is 31.2 Å². The standard InChI is InChI=1S/C20H22N2O6S/c1-14-4-6-17(29-14)15(23)5-7-19(25)28-13-18(24)21-8-10-22(11-9-21)20(26)16-3-2-12-27-16/h2-4,6,12H,5,7-11,13H2,1H3. The van der Waals surface area contributed by atoms with E-state index in [0.717, 1.165) is 4.88 Å². The number of nitrogens with zero attached hydrogens (tertiary/aromatic N) is 2. The average molecular weight is 418 g/mol. The Hall–Kier alpha value is -2.94. The molecule has 0 N–H and O–H groups in total. The fourth-order valence-corrected chi connectivity index (χ4v) is 3.78. The van der Waals surface area contributed by atoms with Gasteiger partial charge in [0, 0.05) is 37.5 Å². The van der Waals surface area contributed by atoms with Gasteiger partial charge in [0.25, 0.3) is 11.8 Å². The van der Waals surface area contributed by atoms with Crippen molar-refractivity contribution in [3.63, 3.8) is 0 Å². The van der Waals surface area contributed by atoms with Crippen LogP contribution in [-0.2, 0) is 14.3 Å². The van der Waals surface area contributed by atoms with Gasteiger partial charge < -0.3 is 19.0 Å². The van der Waals surface area contributed by atoms with E-state index in [1.807, 2.05) is 13.0 Å². The zero-order valence-electron chi connectivity index (χ0n) is 16.1. The molecule has 0 spiro atoms. The zero-order valence-corrected chi connectivity index (χ0v) is 16.9. The van der Waals surface area contributed by atoms with Crippen LogP contribution in [0.1, 0.15) is 37.9 Å². The Bertz CT molecular complexity index is 881. The predicted molar refractivity (Wildman–Crippen MR) is 105 cm³/mol. The zero-order chi connectivity index (χ0) is 20.8. The van der Waals surface area contributed by atoms with E-state index in [0.29, 0.717) is 31.1 Å². The molecule has 0 saturated carbocycles. The number of ether oxygens (including phenoxy) is 1. The molecule has 9 heteroatoms. The van der Waals surface area contributed by atoms with Gasteiger partial charge >= 0.3 is 5.97 Å². The van der Waals surface area contributed by atoms with Crippen LogP contribution < -0.4 is 0 Å². The molecule has 2 aromatic rings. The Morgan fingerprint density at radius 1 is 1.03 bits per heavy atom. The highest BCUT2D eigenvalue weighted by atomic mass is 32.1. The number of carbonyl (C=O) groups is 4. The molecule has 1 saturated heterocycles. The first-order valence-corrected chi connectivity index (χ1v) is 10.1. The van der Waals surface area contributed by atoms with Gasteiger partial charge in [-0.15, -0.1) is 11.3 Å². The van der Waals surface area contributed by atoms with Gasteiger partial charge in [-0.1, -0.05) is 0 Å². The highest BCUT2D eigenvalue weighted by Gasteiger charge is 2.26. The number of esters is 1. The van der Waals surface area contributed by atoms with E-state index >= 15 is 0 Å². The quantitative estimate of drug-likeness (QED) is 0.505. The van der Waals surface area contributed by atoms with Crippen LogP contribution in [0.4, 0.5) is 0 Å². The maximum Gasteiger partial charge on any atom is 0.306 e. The van der Waals surface area contributed by atoms with Gasteiger partial charge in [0.2, 0.25) is 0 Å². The first-order chi connectivity index (χ1) is 13.9. The van der Waals surface area contributed by atoms with E-state index < -0.39 is 5.97 Å². The topological polar surface area (TPSA) is 97.1 Å². The Morgan fingerprint density at radius 2 is 1.76 bits per heavy atom. The minimum Gasteiger partial charge on any atom is -0.459 e. The van der Waals surface area contributed by atoms with Crippen molar-refractivity contribution in [2.45, 2.75) is 19.8 Å². The molecule has 3 rings (SSSR count). The predicted octanol–water partition coefficient (Wildman–Crippen LogP) is 2.14. The van der Waals surface area contributed by atoms with Crippen LogP contribution in [0.5, 0.6) is 0 Å². The second-order valence-electron chi connectivity index (χ2n) is 6.64. The number of rotatable bonds is 7. The van der Waals surface area contributed by atoms with Gasteiger partial charge in [0.15, 0.2) is 18.2 Å². The summed E-state index contributed by atoms with van der Waals surface area (Å²) in [6.07, 6.45) is 1.44. The number of hydrogen-bond acceptors (Lipinski definition) is 7. The van der Waals surface area contributed by atoms with Crippen LogP contribution in [0.3, 0.4) is 0 Å². The molecule has 29 heavy (non-hydrogen) atoms. The summed E-state index contributed by atoms with van der Waals surface area (Å²) in [7, 11) is 0. The van der Waals surface area contributed by atoms with Gasteiger partial charge in [-0.25, -0.2) is 0 Å². The highest BCUT2D eigenvalue weighted by Crippen LogP contribution is 2.17. The molecular formula is C20H22N2O6S. The number of aryl methyl sites for hydroxylation is 1. The van der Waals surface area contributed by atoms with Crippen molar-refractivity contribution in [3.8, 4) is 0 Å². The van der Waals surface area contributed by atoms with Crippen LogP contribution in [0.25, 0.3) is 0 Å². The Labute approximate surface area is 172 Å². The van der Waals surface area contributed by atoms with Crippen molar-refractivity contribution in [1.29, 1.82) is 0 Å². The Morgan fingerprint density at radius 3 is 2.38 bits per heavy atom. The molecule has 0 radical (unpaired) electrons. The average Bonchev–Trinajstić information content (AvgIpc) is 3.41. The summed E-state index contributed by atoms with van der Waals surface area (Å²) in [5.41, 5.74) is 0. The summed E-state index contributed by atoms with van der Waals surface area (Å²) in [5, 5.41) is 0. The number of thiophene rings is 1. The molecule has 3 heterocycles. The SMILES string of the molecule is Cc1ccc(C(=O)CCC(=O)OCC(=O)N2CCN(C(=O)c3ccco3)CC2)s1. The molecule has 0 atom stereocenters. The minimum absolute atomic E-state index is 0.0561. The van der Waals surface area contributed by atoms with E-state index in [-0.39, 0.29) is 42.8 Å². The van der Waals surface area contributed by atoms with E-state index in [2.05, 4.69) is 0 Å². The monoisotopic (exact) mass is 418 g/mol. The number of hydrogen-bond donors (Lipinski definition) is 0. The van der Waals surface area contributed by atoms with E-state index in [9.17, 15) is 19.2 Å². The third-order valence-electron chi connectivity index (χ3n) is 4.58. The molecular weight excluding hydrogens is 396 g/mol. The largest absolute Gasteiger partial charge is 0.459 e. The molecule has 0 unspecified atom stereocenters. The lowest BCUT2D eigenvalue weighted by Crippen LogP contribution is -2.51. The molecule has 1 fully saturated rings. The van der Waals surface area contributed by atoms with Gasteiger partial charge in [0.1, 0.15) is 0 Å². The van der Waals surface area contributed by atoms with Gasteiger partial charge in [-0.2, -0.15) is 0 Å². The second kappa shape index (κ2) is 9.51. The van der Waals surface area contributed by atoms with Crippen molar-refractivity contribution in [2.24, 2.45) is 0 Å². The first kappa shape index (κ1) is 20.8. The lowest BCUT2D eigenvalue weighted by atomic mass is 10.2. The highest BCUT2D eigenvalue weighted by molar-refractivity contribution is 7.14. The number of furan rings is 1. The normalized spacial score (nSPS) is 14.0. The molecule has 154 valence electrons. The number of piperazine rings is 1. The smallest absolute Gasteiger partial charge is 0.306 e. The molecule has 0 aliphatic carbocycles. The first-order valence-electron chi connectivity index (χ1n) is 9.30. The van der Waals surface area contributed by atoms with Crippen molar-refractivity contribution in [1.82, 2.24) is 9.80 Å². The van der Waals surface area contributed by atoms with E-state index in [1.165, 1.54) is 17.6 Å². The number of ketones is 1.